The van der Waals surface area contributed by atoms with Gasteiger partial charge in [-0.3, -0.25) is 4.98 Å². The molecule has 1 aliphatic rings. The standard InChI is InChI=1S/C11H17N3O2S/c1-10(11-4-2-3-5-13-11)17(15,16)14-8-6-12-7-9-14/h2-5,10,12H,6-9H2,1H3/t10-/m0/s1. The van der Waals surface area contributed by atoms with Gasteiger partial charge < -0.3 is 5.32 Å². The quantitative estimate of drug-likeness (QED) is 0.848. The van der Waals surface area contributed by atoms with Gasteiger partial charge in [-0.15, -0.1) is 0 Å². The second kappa shape index (κ2) is 5.12. The highest BCUT2D eigenvalue weighted by molar-refractivity contribution is 7.89. The van der Waals surface area contributed by atoms with Gasteiger partial charge in [-0.1, -0.05) is 6.07 Å². The Labute approximate surface area is 102 Å². The molecule has 0 bridgehead atoms. The molecule has 94 valence electrons. The maximum Gasteiger partial charge on any atom is 0.222 e. The number of piperazine rings is 1. The fourth-order valence-electron chi connectivity index (χ4n) is 1.89. The van der Waals surface area contributed by atoms with Gasteiger partial charge >= 0.3 is 0 Å². The molecular weight excluding hydrogens is 238 g/mol. The Balaban J connectivity index is 2.20. The Morgan fingerprint density at radius 3 is 2.65 bits per heavy atom. The van der Waals surface area contributed by atoms with Crippen molar-refractivity contribution >= 4 is 10.0 Å². The number of aromatic nitrogens is 1. The highest BCUT2D eigenvalue weighted by Gasteiger charge is 2.31. The van der Waals surface area contributed by atoms with Crippen LogP contribution in [0.1, 0.15) is 17.9 Å². The first-order valence-corrected chi connectivity index (χ1v) is 7.23. The summed E-state index contributed by atoms with van der Waals surface area (Å²) < 4.78 is 26.2. The Morgan fingerprint density at radius 1 is 1.35 bits per heavy atom. The van der Waals surface area contributed by atoms with Crippen molar-refractivity contribution in [2.75, 3.05) is 26.2 Å². The molecule has 0 aliphatic carbocycles. The van der Waals surface area contributed by atoms with Gasteiger partial charge in [0.25, 0.3) is 0 Å². The van der Waals surface area contributed by atoms with Crippen molar-refractivity contribution in [2.24, 2.45) is 0 Å². The maximum absolute atomic E-state index is 12.3. The first-order chi connectivity index (χ1) is 8.12. The highest BCUT2D eigenvalue weighted by atomic mass is 32.2. The Bertz CT molecular complexity index is 455. The van der Waals surface area contributed by atoms with E-state index in [9.17, 15) is 8.42 Å². The monoisotopic (exact) mass is 255 g/mol. The molecule has 0 radical (unpaired) electrons. The molecule has 1 N–H and O–H groups in total. The molecule has 1 saturated heterocycles. The lowest BCUT2D eigenvalue weighted by atomic mass is 10.3. The fourth-order valence-corrected chi connectivity index (χ4v) is 3.47. The molecule has 0 spiro atoms. The minimum atomic E-state index is -3.28. The van der Waals surface area contributed by atoms with Crippen LogP contribution in [0.4, 0.5) is 0 Å². The molecule has 1 aromatic heterocycles. The summed E-state index contributed by atoms with van der Waals surface area (Å²) >= 11 is 0. The molecule has 2 heterocycles. The minimum Gasteiger partial charge on any atom is -0.314 e. The van der Waals surface area contributed by atoms with Crippen LogP contribution in [-0.2, 0) is 10.0 Å². The lowest BCUT2D eigenvalue weighted by Crippen LogP contribution is -2.47. The molecule has 17 heavy (non-hydrogen) atoms. The molecular formula is C11H17N3O2S. The van der Waals surface area contributed by atoms with Crippen LogP contribution in [0.5, 0.6) is 0 Å². The van der Waals surface area contributed by atoms with Gasteiger partial charge in [0.05, 0.1) is 5.69 Å². The number of nitrogens with one attached hydrogen (secondary N) is 1. The third-order valence-corrected chi connectivity index (χ3v) is 5.21. The number of hydrogen-bond donors (Lipinski definition) is 1. The zero-order chi connectivity index (χ0) is 12.3. The van der Waals surface area contributed by atoms with Crippen LogP contribution in [0.25, 0.3) is 0 Å². The van der Waals surface area contributed by atoms with E-state index in [0.717, 1.165) is 0 Å². The van der Waals surface area contributed by atoms with Crippen molar-refractivity contribution in [1.29, 1.82) is 0 Å². The summed E-state index contributed by atoms with van der Waals surface area (Å²) in [5.41, 5.74) is 0.603. The maximum atomic E-state index is 12.3. The van der Waals surface area contributed by atoms with E-state index in [1.165, 1.54) is 0 Å². The van der Waals surface area contributed by atoms with Gasteiger partial charge in [0.1, 0.15) is 5.25 Å². The SMILES string of the molecule is C[C@@H](c1ccccn1)S(=O)(=O)N1CCNCC1. The summed E-state index contributed by atoms with van der Waals surface area (Å²) in [4.78, 5) is 4.12. The van der Waals surface area contributed by atoms with E-state index < -0.39 is 15.3 Å². The van der Waals surface area contributed by atoms with E-state index in [-0.39, 0.29) is 0 Å². The summed E-state index contributed by atoms with van der Waals surface area (Å²) in [5.74, 6) is 0. The number of pyridine rings is 1. The van der Waals surface area contributed by atoms with Crippen LogP contribution in [0.2, 0.25) is 0 Å². The molecule has 0 saturated carbocycles. The topological polar surface area (TPSA) is 62.3 Å². The summed E-state index contributed by atoms with van der Waals surface area (Å²) in [5, 5.41) is 2.56. The molecule has 1 atom stereocenters. The predicted octanol–water partition coefficient (Wildman–Crippen LogP) is 0.378. The van der Waals surface area contributed by atoms with E-state index in [2.05, 4.69) is 10.3 Å². The van der Waals surface area contributed by atoms with Crippen LogP contribution in [-0.4, -0.2) is 43.9 Å². The summed E-state index contributed by atoms with van der Waals surface area (Å²) in [7, 11) is -3.28. The summed E-state index contributed by atoms with van der Waals surface area (Å²) in [6, 6.07) is 5.35. The van der Waals surface area contributed by atoms with Crippen molar-refractivity contribution in [3.05, 3.63) is 30.1 Å². The van der Waals surface area contributed by atoms with Crippen LogP contribution in [0.3, 0.4) is 0 Å². The van der Waals surface area contributed by atoms with Crippen molar-refractivity contribution in [1.82, 2.24) is 14.6 Å². The Morgan fingerprint density at radius 2 is 2.06 bits per heavy atom. The van der Waals surface area contributed by atoms with E-state index in [1.807, 2.05) is 6.07 Å². The van der Waals surface area contributed by atoms with Crippen molar-refractivity contribution in [3.63, 3.8) is 0 Å². The van der Waals surface area contributed by atoms with Crippen molar-refractivity contribution in [3.8, 4) is 0 Å². The van der Waals surface area contributed by atoms with Crippen LogP contribution in [0.15, 0.2) is 24.4 Å². The highest BCUT2D eigenvalue weighted by Crippen LogP contribution is 2.23. The molecule has 6 heteroatoms. The average molecular weight is 255 g/mol. The van der Waals surface area contributed by atoms with Gasteiger partial charge in [-0.05, 0) is 19.1 Å². The van der Waals surface area contributed by atoms with E-state index >= 15 is 0 Å². The van der Waals surface area contributed by atoms with Gasteiger partial charge in [0.2, 0.25) is 10.0 Å². The minimum absolute atomic E-state index is 0.541. The average Bonchev–Trinajstić information content (AvgIpc) is 2.40. The van der Waals surface area contributed by atoms with Crippen LogP contribution >= 0.6 is 0 Å². The number of sulfonamides is 1. The second-order valence-corrected chi connectivity index (χ2v) is 6.34. The largest absolute Gasteiger partial charge is 0.314 e. The smallest absolute Gasteiger partial charge is 0.222 e. The molecule has 5 nitrogen and oxygen atoms in total. The van der Waals surface area contributed by atoms with Gasteiger partial charge in [-0.25, -0.2) is 8.42 Å². The van der Waals surface area contributed by atoms with Crippen LogP contribution in [0, 0.1) is 0 Å². The molecule has 2 rings (SSSR count). The van der Waals surface area contributed by atoms with Gasteiger partial charge in [0, 0.05) is 32.4 Å². The molecule has 0 unspecified atom stereocenters. The summed E-state index contributed by atoms with van der Waals surface area (Å²) in [6.45, 7) is 4.21. The van der Waals surface area contributed by atoms with Gasteiger partial charge in [0.15, 0.2) is 0 Å². The lowest BCUT2D eigenvalue weighted by Gasteiger charge is -2.29. The Kier molecular flexibility index (Phi) is 3.76. The molecule has 0 aromatic carbocycles. The predicted molar refractivity (Wildman–Crippen MR) is 66.0 cm³/mol. The van der Waals surface area contributed by atoms with Gasteiger partial charge in [-0.2, -0.15) is 4.31 Å². The molecule has 0 amide bonds. The zero-order valence-electron chi connectivity index (χ0n) is 9.83. The van der Waals surface area contributed by atoms with E-state index in [4.69, 9.17) is 0 Å². The Hall–Kier alpha value is -0.980. The molecule has 1 fully saturated rings. The lowest BCUT2D eigenvalue weighted by molar-refractivity contribution is 0.356. The third-order valence-electron chi connectivity index (χ3n) is 2.99. The fraction of sp³-hybridized carbons (Fsp3) is 0.545. The first kappa shape index (κ1) is 12.5. The van der Waals surface area contributed by atoms with Crippen molar-refractivity contribution < 1.29 is 8.42 Å². The first-order valence-electron chi connectivity index (χ1n) is 5.73. The molecule has 1 aromatic rings. The second-order valence-electron chi connectivity index (χ2n) is 4.09. The third kappa shape index (κ3) is 2.65. The summed E-state index contributed by atoms with van der Waals surface area (Å²) in [6.07, 6.45) is 1.62. The zero-order valence-corrected chi connectivity index (χ0v) is 10.7. The molecule has 1 aliphatic heterocycles. The van der Waals surface area contributed by atoms with E-state index in [0.29, 0.717) is 31.9 Å². The number of rotatable bonds is 3. The number of nitrogens with zero attached hydrogens (tertiary/aromatic N) is 2. The van der Waals surface area contributed by atoms with Crippen LogP contribution < -0.4 is 5.32 Å². The van der Waals surface area contributed by atoms with Crippen molar-refractivity contribution in [2.45, 2.75) is 12.2 Å². The number of hydrogen-bond acceptors (Lipinski definition) is 4. The van der Waals surface area contributed by atoms with E-state index in [1.54, 1.807) is 29.6 Å². The normalized spacial score (nSPS) is 20.1.